The number of pyridine rings is 1. The lowest BCUT2D eigenvalue weighted by Gasteiger charge is -2.24. The van der Waals surface area contributed by atoms with E-state index < -0.39 is 0 Å². The number of rotatable bonds is 2. The summed E-state index contributed by atoms with van der Waals surface area (Å²) in [5.41, 5.74) is 1.76. The average Bonchev–Trinajstić information content (AvgIpc) is 2.77. The summed E-state index contributed by atoms with van der Waals surface area (Å²) in [6, 6.07) is 11.3. The Morgan fingerprint density at radius 3 is 2.75 bits per heavy atom. The van der Waals surface area contributed by atoms with Gasteiger partial charge in [-0.05, 0) is 25.1 Å². The molecule has 0 radical (unpaired) electrons. The third-order valence-corrected chi connectivity index (χ3v) is 4.90. The summed E-state index contributed by atoms with van der Waals surface area (Å²) >= 11 is 7.87. The number of amides is 1. The predicted molar refractivity (Wildman–Crippen MR) is 83.0 cm³/mol. The molecule has 3 rings (SSSR count). The molecule has 5 heteroatoms. The molecule has 1 aromatic carbocycles. The summed E-state index contributed by atoms with van der Waals surface area (Å²) in [5.74, 6) is 0.0805. The number of nitrogens with zero attached hydrogens (tertiary/aromatic N) is 2. The topological polar surface area (TPSA) is 33.2 Å². The molecule has 1 aliphatic rings. The fraction of sp³-hybridized carbons (Fsp3) is 0.200. The summed E-state index contributed by atoms with van der Waals surface area (Å²) in [6.07, 6.45) is 3.53. The van der Waals surface area contributed by atoms with Crippen LogP contribution in [0.25, 0.3) is 0 Å². The van der Waals surface area contributed by atoms with Crippen molar-refractivity contribution in [3.63, 3.8) is 0 Å². The lowest BCUT2D eigenvalue weighted by Crippen LogP contribution is -2.30. The lowest BCUT2D eigenvalue weighted by molar-refractivity contribution is -0.117. The van der Waals surface area contributed by atoms with E-state index in [9.17, 15) is 4.79 Å². The highest BCUT2D eigenvalue weighted by Crippen LogP contribution is 2.46. The molecule has 1 fully saturated rings. The second-order valence-electron chi connectivity index (χ2n) is 4.58. The SMILES string of the molecule is CC1SC(c2cccnc2)N(c2ccccc2Cl)C1=O. The second-order valence-corrected chi connectivity index (χ2v) is 6.41. The number of hydrogen-bond acceptors (Lipinski definition) is 3. The molecule has 2 heterocycles. The first kappa shape index (κ1) is 13.5. The van der Waals surface area contributed by atoms with Gasteiger partial charge in [0.15, 0.2) is 0 Å². The Kier molecular flexibility index (Phi) is 3.68. The van der Waals surface area contributed by atoms with Crippen LogP contribution >= 0.6 is 23.4 Å². The van der Waals surface area contributed by atoms with Crippen LogP contribution in [0.2, 0.25) is 5.02 Å². The third kappa shape index (κ3) is 2.30. The minimum absolute atomic E-state index is 0.0777. The van der Waals surface area contributed by atoms with Gasteiger partial charge in [-0.15, -0.1) is 11.8 Å². The van der Waals surface area contributed by atoms with Crippen molar-refractivity contribution in [3.05, 3.63) is 59.4 Å². The van der Waals surface area contributed by atoms with Gasteiger partial charge < -0.3 is 0 Å². The zero-order valence-electron chi connectivity index (χ0n) is 10.9. The van der Waals surface area contributed by atoms with Gasteiger partial charge in [0, 0.05) is 18.0 Å². The van der Waals surface area contributed by atoms with Crippen LogP contribution in [0.1, 0.15) is 17.9 Å². The lowest BCUT2D eigenvalue weighted by atomic mass is 10.2. The number of hydrogen-bond donors (Lipinski definition) is 0. The molecule has 3 nitrogen and oxygen atoms in total. The zero-order chi connectivity index (χ0) is 14.1. The number of carbonyl (C=O) groups excluding carboxylic acids is 1. The molecule has 20 heavy (non-hydrogen) atoms. The van der Waals surface area contributed by atoms with Gasteiger partial charge in [0.2, 0.25) is 5.91 Å². The predicted octanol–water partition coefficient (Wildman–Crippen LogP) is 3.90. The molecule has 1 amide bonds. The van der Waals surface area contributed by atoms with E-state index in [1.165, 1.54) is 0 Å². The van der Waals surface area contributed by atoms with Gasteiger partial charge in [-0.2, -0.15) is 0 Å². The largest absolute Gasteiger partial charge is 0.293 e. The van der Waals surface area contributed by atoms with Gasteiger partial charge in [0.25, 0.3) is 0 Å². The smallest absolute Gasteiger partial charge is 0.241 e. The maximum atomic E-state index is 12.5. The summed E-state index contributed by atoms with van der Waals surface area (Å²) in [7, 11) is 0. The van der Waals surface area contributed by atoms with E-state index in [4.69, 9.17) is 11.6 Å². The van der Waals surface area contributed by atoms with Crippen LogP contribution < -0.4 is 4.90 Å². The average molecular weight is 305 g/mol. The van der Waals surface area contributed by atoms with Crippen molar-refractivity contribution in [1.29, 1.82) is 0 Å². The van der Waals surface area contributed by atoms with Crippen molar-refractivity contribution in [2.24, 2.45) is 0 Å². The Labute approximate surface area is 127 Å². The number of aromatic nitrogens is 1. The molecule has 1 aliphatic heterocycles. The third-order valence-electron chi connectivity index (χ3n) is 3.23. The highest BCUT2D eigenvalue weighted by molar-refractivity contribution is 8.01. The molecule has 0 bridgehead atoms. The van der Waals surface area contributed by atoms with E-state index in [0.717, 1.165) is 11.3 Å². The first-order valence-corrected chi connectivity index (χ1v) is 7.63. The quantitative estimate of drug-likeness (QED) is 0.843. The van der Waals surface area contributed by atoms with Crippen LogP contribution in [0.5, 0.6) is 0 Å². The normalized spacial score (nSPS) is 22.3. The van der Waals surface area contributed by atoms with Crippen LogP contribution in [0.15, 0.2) is 48.8 Å². The molecule has 2 aromatic rings. The molecular weight excluding hydrogens is 292 g/mol. The maximum absolute atomic E-state index is 12.5. The maximum Gasteiger partial charge on any atom is 0.241 e. The van der Waals surface area contributed by atoms with Crippen molar-refractivity contribution in [1.82, 2.24) is 4.98 Å². The fourth-order valence-corrected chi connectivity index (χ4v) is 3.74. The molecule has 0 saturated carbocycles. The molecule has 0 N–H and O–H groups in total. The first-order chi connectivity index (χ1) is 9.68. The number of anilines is 1. The molecule has 1 saturated heterocycles. The van der Waals surface area contributed by atoms with Crippen molar-refractivity contribution >= 4 is 35.0 Å². The van der Waals surface area contributed by atoms with Gasteiger partial charge >= 0.3 is 0 Å². The van der Waals surface area contributed by atoms with Crippen molar-refractivity contribution in [2.45, 2.75) is 17.5 Å². The van der Waals surface area contributed by atoms with E-state index in [2.05, 4.69) is 4.98 Å². The van der Waals surface area contributed by atoms with Gasteiger partial charge in [0.05, 0.1) is 16.0 Å². The van der Waals surface area contributed by atoms with Crippen LogP contribution in [-0.2, 0) is 4.79 Å². The minimum Gasteiger partial charge on any atom is -0.293 e. The Balaban J connectivity index is 2.06. The number of halogens is 1. The second kappa shape index (κ2) is 5.46. The number of para-hydroxylation sites is 1. The fourth-order valence-electron chi connectivity index (χ4n) is 2.27. The van der Waals surface area contributed by atoms with Crippen molar-refractivity contribution < 1.29 is 4.79 Å². The van der Waals surface area contributed by atoms with E-state index in [-0.39, 0.29) is 16.5 Å². The van der Waals surface area contributed by atoms with Crippen molar-refractivity contribution in [3.8, 4) is 0 Å². The highest BCUT2D eigenvalue weighted by atomic mass is 35.5. The number of carbonyl (C=O) groups is 1. The Morgan fingerprint density at radius 1 is 1.25 bits per heavy atom. The molecular formula is C15H13ClN2OS. The van der Waals surface area contributed by atoms with Crippen LogP contribution in [-0.4, -0.2) is 16.1 Å². The molecule has 102 valence electrons. The molecule has 2 unspecified atom stereocenters. The zero-order valence-corrected chi connectivity index (χ0v) is 12.4. The number of thioether (sulfide) groups is 1. The molecule has 2 atom stereocenters. The summed E-state index contributed by atoms with van der Waals surface area (Å²) < 4.78 is 0. The van der Waals surface area contributed by atoms with Gasteiger partial charge in [-0.1, -0.05) is 29.8 Å². The van der Waals surface area contributed by atoms with Gasteiger partial charge in [0.1, 0.15) is 5.37 Å². The van der Waals surface area contributed by atoms with Crippen LogP contribution in [0, 0.1) is 0 Å². The van der Waals surface area contributed by atoms with Crippen LogP contribution in [0.4, 0.5) is 5.69 Å². The molecule has 0 aliphatic carbocycles. The minimum atomic E-state index is -0.0866. The first-order valence-electron chi connectivity index (χ1n) is 6.31. The van der Waals surface area contributed by atoms with E-state index in [0.29, 0.717) is 5.02 Å². The van der Waals surface area contributed by atoms with Gasteiger partial charge in [-0.25, -0.2) is 0 Å². The summed E-state index contributed by atoms with van der Waals surface area (Å²) in [6.45, 7) is 1.92. The Hall–Kier alpha value is -1.52. The number of benzene rings is 1. The molecule has 1 aromatic heterocycles. The highest BCUT2D eigenvalue weighted by Gasteiger charge is 2.40. The van der Waals surface area contributed by atoms with Crippen molar-refractivity contribution in [2.75, 3.05) is 4.90 Å². The Morgan fingerprint density at radius 2 is 2.05 bits per heavy atom. The summed E-state index contributed by atoms with van der Waals surface area (Å²) in [4.78, 5) is 18.4. The Bertz CT molecular complexity index is 635. The summed E-state index contributed by atoms with van der Waals surface area (Å²) in [5, 5.41) is 0.423. The van der Waals surface area contributed by atoms with Gasteiger partial charge in [-0.3, -0.25) is 14.7 Å². The van der Waals surface area contributed by atoms with E-state index in [1.807, 2.05) is 37.3 Å². The van der Waals surface area contributed by atoms with E-state index >= 15 is 0 Å². The monoisotopic (exact) mass is 304 g/mol. The van der Waals surface area contributed by atoms with E-state index in [1.54, 1.807) is 35.1 Å². The van der Waals surface area contributed by atoms with Crippen LogP contribution in [0.3, 0.4) is 0 Å². The molecule has 0 spiro atoms. The standard InChI is InChI=1S/C15H13ClN2OS/c1-10-14(19)18(13-7-3-2-6-12(13)16)15(20-10)11-5-4-8-17-9-11/h2-10,15H,1H3.